The fourth-order valence-electron chi connectivity index (χ4n) is 11.4. The number of fused-ring (bicyclic) bond motifs is 5. The number of hydrogen-bond donors (Lipinski definition) is 5. The molecule has 3 aliphatic heterocycles. The number of allylic oxidation sites excluding steroid dienone is 3. The Morgan fingerprint density at radius 3 is 2.33 bits per heavy atom. The lowest BCUT2D eigenvalue weighted by Crippen LogP contribution is -2.53. The van der Waals surface area contributed by atoms with Crippen molar-refractivity contribution in [2.75, 3.05) is 45.1 Å². The summed E-state index contributed by atoms with van der Waals surface area (Å²) in [4.78, 5) is 108. The van der Waals surface area contributed by atoms with E-state index >= 15 is 0 Å². The number of hydrogen-bond acceptors (Lipinski definition) is 15. The second kappa shape index (κ2) is 29.9. The number of nitrogens with two attached hydrogens (primary N) is 1. The molecule has 21 heteroatoms. The number of anilines is 2. The molecule has 456 valence electrons. The summed E-state index contributed by atoms with van der Waals surface area (Å²) in [6.07, 6.45) is 7.72. The Balaban J connectivity index is 1.17. The first-order chi connectivity index (χ1) is 39.4. The molecule has 9 atom stereocenters. The van der Waals surface area contributed by atoms with Gasteiger partial charge in [-0.1, -0.05) is 81.5 Å². The van der Waals surface area contributed by atoms with Crippen LogP contribution < -0.4 is 36.1 Å². The molecule has 6 rings (SSSR count). The minimum atomic E-state index is -1.64. The molecular formula is C62H86ClN5O15. The molecule has 2 aromatic rings. The van der Waals surface area contributed by atoms with Crippen LogP contribution in [-0.4, -0.2) is 129 Å². The van der Waals surface area contributed by atoms with Gasteiger partial charge in [0.25, 0.3) is 0 Å². The summed E-state index contributed by atoms with van der Waals surface area (Å²) in [5, 5.41) is 20.3. The third-order valence-corrected chi connectivity index (χ3v) is 17.2. The molecule has 0 unspecified atom stereocenters. The minimum Gasteiger partial charge on any atom is -0.496 e. The predicted molar refractivity (Wildman–Crippen MR) is 312 cm³/mol. The lowest BCUT2D eigenvalue weighted by atomic mass is 9.78. The third kappa shape index (κ3) is 17.8. The van der Waals surface area contributed by atoms with E-state index in [0.29, 0.717) is 54.9 Å². The summed E-state index contributed by atoms with van der Waals surface area (Å²) in [5.41, 5.74) is 4.99. The largest absolute Gasteiger partial charge is 0.496 e. The quantitative estimate of drug-likeness (QED) is 0.0353. The lowest BCUT2D eigenvalue weighted by Gasteiger charge is -2.41. The third-order valence-electron chi connectivity index (χ3n) is 16.8. The van der Waals surface area contributed by atoms with Gasteiger partial charge in [-0.2, -0.15) is 0 Å². The maximum Gasteiger partial charge on any atom is 0.412 e. The van der Waals surface area contributed by atoms with Gasteiger partial charge in [0, 0.05) is 87.9 Å². The SMILES string of the molecule is COc1cc(NC(=O)O[C@H]2CC(=O)N(C)c3cc(cc(OC)c3Cl)C/C(C)=C/C=C/[C@@H](OC)[C@]3(O)CC(=O)O[C@@H](C3)[C@@H](C)[C@@H]3O[C@@]23C)ccc1CC(=O)[C@H](CCCNC(N)=O)NC(=O)[C@@H](CC(=O)CCCCCCC(=O)C1CCC1)C(C)C. The van der Waals surface area contributed by atoms with Gasteiger partial charge in [0.05, 0.1) is 44.9 Å². The maximum absolute atomic E-state index is 14.5. The monoisotopic (exact) mass is 1180 g/mol. The number of unbranched alkanes of at least 4 members (excludes halogenated alkanes) is 3. The van der Waals surface area contributed by atoms with Crippen LogP contribution in [0, 0.1) is 23.7 Å². The van der Waals surface area contributed by atoms with Crippen molar-refractivity contribution in [3.8, 4) is 11.5 Å². The van der Waals surface area contributed by atoms with Crippen LogP contribution in [-0.2, 0) is 60.6 Å². The Kier molecular flexibility index (Phi) is 23.7. The van der Waals surface area contributed by atoms with Gasteiger partial charge >= 0.3 is 18.1 Å². The fourth-order valence-corrected chi connectivity index (χ4v) is 11.7. The molecule has 2 aromatic carbocycles. The molecule has 2 saturated heterocycles. The van der Waals surface area contributed by atoms with Gasteiger partial charge in [-0.05, 0) is 88.5 Å². The topological polar surface area (TPSA) is 281 Å². The summed E-state index contributed by atoms with van der Waals surface area (Å²) in [5.74, 6) is -2.37. The number of ketones is 3. The highest BCUT2D eigenvalue weighted by molar-refractivity contribution is 6.35. The number of carbonyl (C=O) groups excluding carboxylic acids is 8. The van der Waals surface area contributed by atoms with E-state index < -0.39 is 89.8 Å². The number of aliphatic hydroxyl groups is 1. The van der Waals surface area contributed by atoms with Crippen molar-refractivity contribution in [3.05, 3.63) is 70.3 Å². The van der Waals surface area contributed by atoms with Gasteiger partial charge < -0.3 is 54.8 Å². The minimum absolute atomic E-state index is 0.000506. The van der Waals surface area contributed by atoms with Crippen molar-refractivity contribution < 1.29 is 71.9 Å². The van der Waals surface area contributed by atoms with E-state index in [1.807, 2.05) is 26.8 Å². The number of halogens is 1. The number of rotatable bonds is 25. The molecule has 0 radical (unpaired) electrons. The Bertz CT molecular complexity index is 2750. The first-order valence-corrected chi connectivity index (χ1v) is 29.4. The Labute approximate surface area is 492 Å². The zero-order chi connectivity index (χ0) is 60.8. The zero-order valence-electron chi connectivity index (χ0n) is 49.6. The summed E-state index contributed by atoms with van der Waals surface area (Å²) >= 11 is 6.86. The fraction of sp³-hybridized carbons (Fsp3) is 0.613. The number of urea groups is 1. The Morgan fingerprint density at radius 2 is 1.67 bits per heavy atom. The van der Waals surface area contributed by atoms with E-state index in [1.165, 1.54) is 38.4 Å². The van der Waals surface area contributed by atoms with Crippen LogP contribution in [0.15, 0.2) is 54.1 Å². The number of carbonyl (C=O) groups is 8. The first kappa shape index (κ1) is 65.8. The predicted octanol–water partition coefficient (Wildman–Crippen LogP) is 8.62. The van der Waals surface area contributed by atoms with Gasteiger partial charge in [-0.25, -0.2) is 9.59 Å². The Hall–Kier alpha value is -6.35. The molecule has 1 aliphatic carbocycles. The van der Waals surface area contributed by atoms with Crippen LogP contribution in [0.2, 0.25) is 5.02 Å². The van der Waals surface area contributed by atoms with E-state index in [9.17, 15) is 43.5 Å². The Morgan fingerprint density at radius 1 is 0.964 bits per heavy atom. The van der Waals surface area contributed by atoms with Crippen molar-refractivity contribution in [2.45, 2.75) is 185 Å². The molecule has 6 N–H and O–H groups in total. The van der Waals surface area contributed by atoms with Crippen LogP contribution in [0.3, 0.4) is 0 Å². The van der Waals surface area contributed by atoms with Gasteiger partial charge in [-0.15, -0.1) is 0 Å². The molecule has 3 fully saturated rings. The number of ether oxygens (including phenoxy) is 6. The molecule has 1 saturated carbocycles. The van der Waals surface area contributed by atoms with Crippen molar-refractivity contribution in [1.29, 1.82) is 0 Å². The first-order valence-electron chi connectivity index (χ1n) is 29.0. The molecule has 4 bridgehead atoms. The number of esters is 1. The number of benzene rings is 2. The number of primary amides is 1. The van der Waals surface area contributed by atoms with Gasteiger partial charge in [0.15, 0.2) is 5.78 Å². The lowest BCUT2D eigenvalue weighted by molar-refractivity contribution is -0.187. The van der Waals surface area contributed by atoms with Gasteiger partial charge in [0.1, 0.15) is 57.6 Å². The summed E-state index contributed by atoms with van der Waals surface area (Å²) in [7, 11) is 5.87. The second-order valence-electron chi connectivity index (χ2n) is 23.4. The standard InChI is InChI=1S/C62H86ClN5O15/c1-36(2)44(32-43(69)20-12-10-11-13-22-47(70)40-18-15-19-40)58(74)67-45(21-16-26-65-59(64)75)48(71)30-41-24-25-42(31-49(41)78-7)66-60(76)82-53-33-54(72)68(6)46-28-39(29-50(79-8)56(46)63)27-37(3)17-14-23-52(80-9)62(77)34-51(81-55(73)35-62)38(4)57-61(53,5)83-57/h14,17,23-25,28-29,31,36,38,40,44-45,51-53,57,77H,10-13,15-16,18-22,26-27,30,32-35H2,1-9H3,(H,66,76)(H,67,74)(H3,64,65,75)/b23-14+,37-17+/t38-,44+,45+,51+,52-,53+,57+,61+,62-/m1/s1. The summed E-state index contributed by atoms with van der Waals surface area (Å²) < 4.78 is 35.4. The van der Waals surface area contributed by atoms with E-state index in [-0.39, 0.29) is 78.5 Å². The van der Waals surface area contributed by atoms with Crippen molar-refractivity contribution in [1.82, 2.24) is 10.6 Å². The van der Waals surface area contributed by atoms with E-state index in [2.05, 4.69) is 16.0 Å². The van der Waals surface area contributed by atoms with Crippen molar-refractivity contribution in [2.24, 2.45) is 29.4 Å². The number of Topliss-reactive ketones (excluding diaryl/α,β-unsaturated/α-hetero) is 3. The van der Waals surface area contributed by atoms with E-state index in [0.717, 1.165) is 49.7 Å². The number of epoxide rings is 1. The van der Waals surface area contributed by atoms with Crippen LogP contribution in [0.4, 0.5) is 21.0 Å². The van der Waals surface area contributed by atoms with Gasteiger partial charge in [0.2, 0.25) is 11.8 Å². The van der Waals surface area contributed by atoms with Crippen LogP contribution >= 0.6 is 11.6 Å². The average molecular weight is 1180 g/mol. The molecule has 5 amide bonds. The molecule has 20 nitrogen and oxygen atoms in total. The second-order valence-corrected chi connectivity index (χ2v) is 23.8. The highest BCUT2D eigenvalue weighted by Crippen LogP contribution is 2.50. The molecule has 83 heavy (non-hydrogen) atoms. The number of amides is 5. The van der Waals surface area contributed by atoms with Crippen LogP contribution in [0.5, 0.6) is 11.5 Å². The average Bonchev–Trinajstić information content (AvgIpc) is 1.89. The highest BCUT2D eigenvalue weighted by atomic mass is 35.5. The molecule has 4 aliphatic rings. The smallest absolute Gasteiger partial charge is 0.412 e. The maximum atomic E-state index is 14.5. The van der Waals surface area contributed by atoms with Gasteiger partial charge in [-0.3, -0.25) is 34.1 Å². The molecule has 0 spiro atoms. The number of nitrogens with zero attached hydrogens (tertiary/aromatic N) is 1. The molecule has 3 heterocycles. The van der Waals surface area contributed by atoms with Crippen molar-refractivity contribution >= 4 is 70.2 Å². The van der Waals surface area contributed by atoms with E-state index in [1.54, 1.807) is 51.2 Å². The summed E-state index contributed by atoms with van der Waals surface area (Å²) in [6, 6.07) is 6.42. The number of methoxy groups -OCH3 is 3. The molecule has 0 aromatic heterocycles. The molecular weight excluding hydrogens is 1090 g/mol. The zero-order valence-corrected chi connectivity index (χ0v) is 50.4. The van der Waals surface area contributed by atoms with Crippen molar-refractivity contribution in [3.63, 3.8) is 0 Å². The highest BCUT2D eigenvalue weighted by Gasteiger charge is 2.64. The van der Waals surface area contributed by atoms with Crippen LogP contribution in [0.1, 0.15) is 142 Å². The number of nitrogens with one attached hydrogen (secondary N) is 3. The van der Waals surface area contributed by atoms with E-state index in [4.69, 9.17) is 45.8 Å². The van der Waals surface area contributed by atoms with Crippen LogP contribution in [0.25, 0.3) is 0 Å². The normalized spacial score (nSPS) is 25.5. The summed E-state index contributed by atoms with van der Waals surface area (Å²) in [6.45, 7) is 9.25.